The molecule has 2 heteroatoms. The molecule has 0 spiro atoms. The zero-order valence-electron chi connectivity index (χ0n) is 11.3. The third-order valence-corrected chi connectivity index (χ3v) is 4.18. The van der Waals surface area contributed by atoms with Crippen LogP contribution in [0, 0.1) is 5.41 Å². The van der Waals surface area contributed by atoms with Crippen molar-refractivity contribution in [3.8, 4) is 0 Å². The molecule has 0 bridgehead atoms. The molecule has 0 saturated heterocycles. The number of H-pyrrole nitrogens is 1. The van der Waals surface area contributed by atoms with Crippen molar-refractivity contribution in [2.45, 2.75) is 39.2 Å². The number of aromatic amines is 1. The Bertz CT molecular complexity index is 537. The van der Waals surface area contributed by atoms with E-state index in [0.29, 0.717) is 11.5 Å². The number of para-hydroxylation sites is 1. The van der Waals surface area contributed by atoms with Gasteiger partial charge < -0.3 is 10.3 Å². The Hall–Kier alpha value is -1.28. The number of aromatic nitrogens is 1. The summed E-state index contributed by atoms with van der Waals surface area (Å²) in [7, 11) is 0. The van der Waals surface area contributed by atoms with Gasteiger partial charge in [-0.3, -0.25) is 0 Å². The quantitative estimate of drug-likeness (QED) is 0.825. The molecule has 3 rings (SSSR count). The van der Waals surface area contributed by atoms with Gasteiger partial charge in [0.2, 0.25) is 0 Å². The first-order valence-electron chi connectivity index (χ1n) is 6.95. The van der Waals surface area contributed by atoms with Crippen LogP contribution in [-0.2, 0) is 6.42 Å². The summed E-state index contributed by atoms with van der Waals surface area (Å²) < 4.78 is 0. The van der Waals surface area contributed by atoms with Gasteiger partial charge in [0.05, 0.1) is 0 Å². The molecule has 1 atom stereocenters. The highest BCUT2D eigenvalue weighted by Gasteiger charge is 2.36. The highest BCUT2D eigenvalue weighted by molar-refractivity contribution is 5.83. The molecule has 0 radical (unpaired) electrons. The van der Waals surface area contributed by atoms with E-state index in [1.165, 1.54) is 29.3 Å². The standard InChI is InChI=1S/C16H22N2/c1-12(18-11-16(2)7-8-16)9-13-10-17-15-6-4-3-5-14(13)15/h3-6,10,12,17-18H,7-9,11H2,1-2H3/t12-/m1/s1. The molecule has 1 fully saturated rings. The second kappa shape index (κ2) is 4.43. The molecule has 0 aliphatic heterocycles. The zero-order chi connectivity index (χ0) is 12.6. The normalized spacial score (nSPS) is 19.0. The predicted octanol–water partition coefficient (Wildman–Crippen LogP) is 3.49. The topological polar surface area (TPSA) is 27.8 Å². The maximum atomic E-state index is 3.67. The Labute approximate surface area is 109 Å². The average molecular weight is 242 g/mol. The molecule has 1 aliphatic carbocycles. The molecule has 1 aromatic heterocycles. The van der Waals surface area contributed by atoms with Crippen LogP contribution < -0.4 is 5.32 Å². The van der Waals surface area contributed by atoms with Gasteiger partial charge in [0.25, 0.3) is 0 Å². The minimum atomic E-state index is 0.543. The second-order valence-corrected chi connectivity index (χ2v) is 6.16. The number of fused-ring (bicyclic) bond motifs is 1. The fourth-order valence-corrected chi connectivity index (χ4v) is 2.51. The lowest BCUT2D eigenvalue weighted by Crippen LogP contribution is -2.32. The lowest BCUT2D eigenvalue weighted by molar-refractivity contribution is 0.448. The van der Waals surface area contributed by atoms with E-state index in [9.17, 15) is 0 Å². The van der Waals surface area contributed by atoms with Crippen LogP contribution >= 0.6 is 0 Å². The van der Waals surface area contributed by atoms with Crippen LogP contribution in [-0.4, -0.2) is 17.6 Å². The molecule has 0 amide bonds. The van der Waals surface area contributed by atoms with Gasteiger partial charge in [-0.05, 0) is 43.2 Å². The van der Waals surface area contributed by atoms with E-state index in [1.807, 2.05) is 0 Å². The number of nitrogens with one attached hydrogen (secondary N) is 2. The smallest absolute Gasteiger partial charge is 0.0456 e. The summed E-state index contributed by atoms with van der Waals surface area (Å²) in [4.78, 5) is 3.35. The molecule has 18 heavy (non-hydrogen) atoms. The highest BCUT2D eigenvalue weighted by atomic mass is 14.9. The number of hydrogen-bond donors (Lipinski definition) is 2. The Kier molecular flexibility index (Phi) is 2.90. The van der Waals surface area contributed by atoms with Gasteiger partial charge in [-0.2, -0.15) is 0 Å². The van der Waals surface area contributed by atoms with E-state index in [4.69, 9.17) is 0 Å². The molecule has 2 aromatic rings. The molecule has 2 nitrogen and oxygen atoms in total. The predicted molar refractivity (Wildman–Crippen MR) is 76.8 cm³/mol. The largest absolute Gasteiger partial charge is 0.361 e. The summed E-state index contributed by atoms with van der Waals surface area (Å²) in [5.74, 6) is 0. The van der Waals surface area contributed by atoms with E-state index in [1.54, 1.807) is 0 Å². The summed E-state index contributed by atoms with van der Waals surface area (Å²) >= 11 is 0. The van der Waals surface area contributed by atoms with Crippen LogP contribution in [0.5, 0.6) is 0 Å². The van der Waals surface area contributed by atoms with E-state index in [2.05, 4.69) is 54.6 Å². The fraction of sp³-hybridized carbons (Fsp3) is 0.500. The minimum absolute atomic E-state index is 0.543. The first kappa shape index (κ1) is 11.8. The van der Waals surface area contributed by atoms with Crippen molar-refractivity contribution in [2.75, 3.05) is 6.54 Å². The van der Waals surface area contributed by atoms with E-state index in [0.717, 1.165) is 13.0 Å². The van der Waals surface area contributed by atoms with Crippen LogP contribution in [0.15, 0.2) is 30.5 Å². The first-order valence-corrected chi connectivity index (χ1v) is 6.95. The van der Waals surface area contributed by atoms with Crippen LogP contribution in [0.2, 0.25) is 0 Å². The molecule has 96 valence electrons. The second-order valence-electron chi connectivity index (χ2n) is 6.16. The number of benzene rings is 1. The van der Waals surface area contributed by atoms with Crippen molar-refractivity contribution in [1.82, 2.24) is 10.3 Å². The molecule has 1 aliphatic rings. The van der Waals surface area contributed by atoms with Crippen molar-refractivity contribution < 1.29 is 0 Å². The molecular weight excluding hydrogens is 220 g/mol. The lowest BCUT2D eigenvalue weighted by Gasteiger charge is -2.16. The van der Waals surface area contributed by atoms with Gasteiger partial charge in [-0.1, -0.05) is 25.1 Å². The maximum absolute atomic E-state index is 3.67. The fourth-order valence-electron chi connectivity index (χ4n) is 2.51. The highest BCUT2D eigenvalue weighted by Crippen LogP contribution is 2.44. The van der Waals surface area contributed by atoms with Crippen molar-refractivity contribution >= 4 is 10.9 Å². The van der Waals surface area contributed by atoms with Gasteiger partial charge in [0.1, 0.15) is 0 Å². The van der Waals surface area contributed by atoms with Crippen LogP contribution in [0.25, 0.3) is 10.9 Å². The van der Waals surface area contributed by atoms with Crippen molar-refractivity contribution in [2.24, 2.45) is 5.41 Å². The van der Waals surface area contributed by atoms with Gasteiger partial charge in [0, 0.05) is 29.7 Å². The number of hydrogen-bond acceptors (Lipinski definition) is 1. The monoisotopic (exact) mass is 242 g/mol. The minimum Gasteiger partial charge on any atom is -0.361 e. The zero-order valence-corrected chi connectivity index (χ0v) is 11.3. The van der Waals surface area contributed by atoms with Crippen molar-refractivity contribution in [1.29, 1.82) is 0 Å². The summed E-state index contributed by atoms with van der Waals surface area (Å²) in [5, 5.41) is 5.04. The molecule has 0 unspecified atom stereocenters. The Morgan fingerprint density at radius 2 is 2.11 bits per heavy atom. The molecule has 2 N–H and O–H groups in total. The molecular formula is C16H22N2. The first-order chi connectivity index (χ1) is 8.66. The van der Waals surface area contributed by atoms with Gasteiger partial charge in [0.15, 0.2) is 0 Å². The van der Waals surface area contributed by atoms with E-state index < -0.39 is 0 Å². The van der Waals surface area contributed by atoms with Crippen molar-refractivity contribution in [3.63, 3.8) is 0 Å². The average Bonchev–Trinajstić information content (AvgIpc) is 2.98. The Morgan fingerprint density at radius 1 is 1.33 bits per heavy atom. The van der Waals surface area contributed by atoms with E-state index in [-0.39, 0.29) is 0 Å². The summed E-state index contributed by atoms with van der Waals surface area (Å²) in [5.41, 5.74) is 3.26. The SMILES string of the molecule is C[C@H](Cc1c[nH]c2ccccc12)NCC1(C)CC1. The molecule has 1 heterocycles. The van der Waals surface area contributed by atoms with Crippen LogP contribution in [0.4, 0.5) is 0 Å². The Balaban J connectivity index is 1.64. The van der Waals surface area contributed by atoms with Crippen molar-refractivity contribution in [3.05, 3.63) is 36.0 Å². The molecule has 1 saturated carbocycles. The lowest BCUT2D eigenvalue weighted by atomic mass is 10.0. The van der Waals surface area contributed by atoms with Crippen LogP contribution in [0.3, 0.4) is 0 Å². The maximum Gasteiger partial charge on any atom is 0.0456 e. The van der Waals surface area contributed by atoms with Gasteiger partial charge in [-0.15, -0.1) is 0 Å². The summed E-state index contributed by atoms with van der Waals surface area (Å²) in [6.45, 7) is 5.82. The number of rotatable bonds is 5. The van der Waals surface area contributed by atoms with Gasteiger partial charge >= 0.3 is 0 Å². The molecule has 1 aromatic carbocycles. The van der Waals surface area contributed by atoms with Crippen LogP contribution in [0.1, 0.15) is 32.3 Å². The third-order valence-electron chi connectivity index (χ3n) is 4.18. The summed E-state index contributed by atoms with van der Waals surface area (Å²) in [6, 6.07) is 9.08. The Morgan fingerprint density at radius 3 is 2.89 bits per heavy atom. The summed E-state index contributed by atoms with van der Waals surface area (Å²) in [6.07, 6.45) is 6.03. The third kappa shape index (κ3) is 2.44. The van der Waals surface area contributed by atoms with E-state index >= 15 is 0 Å². The van der Waals surface area contributed by atoms with Gasteiger partial charge in [-0.25, -0.2) is 0 Å².